The van der Waals surface area contributed by atoms with E-state index in [9.17, 15) is 9.59 Å². The molecular formula is C12H18N2O2S. The van der Waals surface area contributed by atoms with Crippen LogP contribution in [-0.4, -0.2) is 46.8 Å². The van der Waals surface area contributed by atoms with Crippen molar-refractivity contribution in [3.05, 3.63) is 0 Å². The van der Waals surface area contributed by atoms with Crippen LogP contribution in [0.3, 0.4) is 0 Å². The molecule has 1 aliphatic carbocycles. The lowest BCUT2D eigenvalue weighted by atomic mass is 10.0. The molecule has 0 aromatic carbocycles. The van der Waals surface area contributed by atoms with Crippen LogP contribution in [-0.2, 0) is 9.59 Å². The van der Waals surface area contributed by atoms with Crippen molar-refractivity contribution >= 4 is 23.6 Å². The van der Waals surface area contributed by atoms with E-state index >= 15 is 0 Å². The van der Waals surface area contributed by atoms with E-state index in [1.165, 1.54) is 0 Å². The summed E-state index contributed by atoms with van der Waals surface area (Å²) >= 11 is 1.95. The predicted octanol–water partition coefficient (Wildman–Crippen LogP) is 0.619. The smallest absolute Gasteiger partial charge is 0.246 e. The van der Waals surface area contributed by atoms with E-state index in [1.54, 1.807) is 0 Å². The van der Waals surface area contributed by atoms with Crippen LogP contribution in [0, 0.1) is 5.92 Å². The SMILES string of the molecule is O=C1CN(C2CCSCC2)C(=O)C(C2CC2)N1. The van der Waals surface area contributed by atoms with Gasteiger partial charge in [0.1, 0.15) is 6.04 Å². The Labute approximate surface area is 105 Å². The van der Waals surface area contributed by atoms with Crippen molar-refractivity contribution in [1.29, 1.82) is 0 Å². The van der Waals surface area contributed by atoms with Gasteiger partial charge in [0.15, 0.2) is 0 Å². The van der Waals surface area contributed by atoms with Crippen molar-refractivity contribution in [3.63, 3.8) is 0 Å². The molecule has 94 valence electrons. The number of carbonyl (C=O) groups excluding carboxylic acids is 2. The topological polar surface area (TPSA) is 49.4 Å². The van der Waals surface area contributed by atoms with Crippen molar-refractivity contribution in [2.75, 3.05) is 18.1 Å². The standard InChI is InChI=1S/C12H18N2O2S/c15-10-7-14(9-3-5-17-6-4-9)12(16)11(13-10)8-1-2-8/h8-9,11H,1-7H2,(H,13,15). The van der Waals surface area contributed by atoms with Gasteiger partial charge >= 0.3 is 0 Å². The second-order valence-electron chi connectivity index (χ2n) is 5.19. The summed E-state index contributed by atoms with van der Waals surface area (Å²) in [5.74, 6) is 2.84. The van der Waals surface area contributed by atoms with Gasteiger partial charge < -0.3 is 10.2 Å². The minimum Gasteiger partial charge on any atom is -0.342 e. The molecule has 1 N–H and O–H groups in total. The molecule has 0 bridgehead atoms. The summed E-state index contributed by atoms with van der Waals surface area (Å²) in [4.78, 5) is 25.9. The molecule has 17 heavy (non-hydrogen) atoms. The van der Waals surface area contributed by atoms with Gasteiger partial charge in [0.2, 0.25) is 11.8 Å². The molecule has 2 saturated heterocycles. The minimum absolute atomic E-state index is 0.0275. The average molecular weight is 254 g/mol. The highest BCUT2D eigenvalue weighted by Gasteiger charge is 2.44. The van der Waals surface area contributed by atoms with Crippen LogP contribution >= 0.6 is 11.8 Å². The highest BCUT2D eigenvalue weighted by molar-refractivity contribution is 7.99. The second kappa shape index (κ2) is 4.52. The maximum atomic E-state index is 12.4. The maximum Gasteiger partial charge on any atom is 0.246 e. The Balaban J connectivity index is 1.72. The van der Waals surface area contributed by atoms with Crippen molar-refractivity contribution < 1.29 is 9.59 Å². The van der Waals surface area contributed by atoms with E-state index in [1.807, 2.05) is 16.7 Å². The van der Waals surface area contributed by atoms with E-state index < -0.39 is 0 Å². The fourth-order valence-corrected chi connectivity index (χ4v) is 3.83. The Morgan fingerprint density at radius 1 is 1.12 bits per heavy atom. The number of piperazine rings is 1. The number of carbonyl (C=O) groups is 2. The van der Waals surface area contributed by atoms with Crippen LogP contribution < -0.4 is 5.32 Å². The molecule has 0 spiro atoms. The zero-order valence-corrected chi connectivity index (χ0v) is 10.7. The van der Waals surface area contributed by atoms with Crippen LogP contribution in [0.2, 0.25) is 0 Å². The summed E-state index contributed by atoms with van der Waals surface area (Å²) in [6.07, 6.45) is 4.26. The lowest BCUT2D eigenvalue weighted by Gasteiger charge is -2.39. The molecule has 0 radical (unpaired) electrons. The number of hydrogen-bond acceptors (Lipinski definition) is 3. The second-order valence-corrected chi connectivity index (χ2v) is 6.42. The van der Waals surface area contributed by atoms with Gasteiger partial charge in [0.25, 0.3) is 0 Å². The molecule has 1 atom stereocenters. The van der Waals surface area contributed by atoms with Crippen LogP contribution in [0.4, 0.5) is 0 Å². The van der Waals surface area contributed by atoms with Crippen molar-refractivity contribution in [2.24, 2.45) is 5.92 Å². The lowest BCUT2D eigenvalue weighted by Crippen LogP contribution is -2.61. The number of nitrogens with one attached hydrogen (secondary N) is 1. The molecule has 2 amide bonds. The van der Waals surface area contributed by atoms with Crippen molar-refractivity contribution in [3.8, 4) is 0 Å². The van der Waals surface area contributed by atoms with Crippen LogP contribution in [0.5, 0.6) is 0 Å². The normalized spacial score (nSPS) is 31.5. The third-order valence-electron chi connectivity index (χ3n) is 3.90. The molecule has 3 aliphatic rings. The Bertz CT molecular complexity index is 337. The van der Waals surface area contributed by atoms with Gasteiger partial charge in [-0.05, 0) is 43.1 Å². The summed E-state index contributed by atoms with van der Waals surface area (Å²) in [5.41, 5.74) is 0. The highest BCUT2D eigenvalue weighted by atomic mass is 32.2. The largest absolute Gasteiger partial charge is 0.342 e. The molecule has 3 rings (SSSR count). The monoisotopic (exact) mass is 254 g/mol. The number of amides is 2. The third kappa shape index (κ3) is 2.30. The molecular weight excluding hydrogens is 236 g/mol. The zero-order valence-electron chi connectivity index (χ0n) is 9.85. The Kier molecular flexibility index (Phi) is 3.03. The number of nitrogens with zero attached hydrogens (tertiary/aromatic N) is 1. The first-order valence-corrected chi connectivity index (χ1v) is 7.59. The number of hydrogen-bond donors (Lipinski definition) is 1. The van der Waals surface area contributed by atoms with Gasteiger partial charge in [-0.2, -0.15) is 11.8 Å². The number of thioether (sulfide) groups is 1. The Morgan fingerprint density at radius 3 is 2.47 bits per heavy atom. The molecule has 0 aromatic rings. The molecule has 1 unspecified atom stereocenters. The first-order chi connectivity index (χ1) is 8.25. The average Bonchev–Trinajstić information content (AvgIpc) is 3.17. The maximum absolute atomic E-state index is 12.4. The van der Waals surface area contributed by atoms with Crippen LogP contribution in [0.15, 0.2) is 0 Å². The van der Waals surface area contributed by atoms with Gasteiger partial charge in [-0.3, -0.25) is 9.59 Å². The van der Waals surface area contributed by atoms with Gasteiger partial charge in [0.05, 0.1) is 6.54 Å². The van der Waals surface area contributed by atoms with Crippen molar-refractivity contribution in [1.82, 2.24) is 10.2 Å². The van der Waals surface area contributed by atoms with Gasteiger partial charge in [0, 0.05) is 6.04 Å². The first kappa shape index (κ1) is 11.4. The highest BCUT2D eigenvalue weighted by Crippen LogP contribution is 2.35. The van der Waals surface area contributed by atoms with E-state index in [0.29, 0.717) is 12.0 Å². The van der Waals surface area contributed by atoms with Gasteiger partial charge in [-0.15, -0.1) is 0 Å². The summed E-state index contributed by atoms with van der Waals surface area (Å²) in [5, 5.41) is 2.86. The summed E-state index contributed by atoms with van der Waals surface area (Å²) in [7, 11) is 0. The molecule has 3 fully saturated rings. The van der Waals surface area contributed by atoms with E-state index in [2.05, 4.69) is 5.32 Å². The van der Waals surface area contributed by atoms with E-state index in [-0.39, 0.29) is 24.4 Å². The predicted molar refractivity (Wildman–Crippen MR) is 66.7 cm³/mol. The van der Waals surface area contributed by atoms with E-state index in [4.69, 9.17) is 0 Å². The Hall–Kier alpha value is -0.710. The van der Waals surface area contributed by atoms with E-state index in [0.717, 1.165) is 37.2 Å². The van der Waals surface area contributed by atoms with Crippen molar-refractivity contribution in [2.45, 2.75) is 37.8 Å². The Morgan fingerprint density at radius 2 is 1.82 bits per heavy atom. The van der Waals surface area contributed by atoms with Crippen LogP contribution in [0.1, 0.15) is 25.7 Å². The third-order valence-corrected chi connectivity index (χ3v) is 4.95. The fourth-order valence-electron chi connectivity index (χ4n) is 2.75. The van der Waals surface area contributed by atoms with Gasteiger partial charge in [-0.25, -0.2) is 0 Å². The quantitative estimate of drug-likeness (QED) is 0.786. The zero-order chi connectivity index (χ0) is 11.8. The molecule has 0 aromatic heterocycles. The molecule has 5 heteroatoms. The molecule has 2 aliphatic heterocycles. The number of rotatable bonds is 2. The summed E-state index contributed by atoms with van der Waals surface area (Å²) < 4.78 is 0. The fraction of sp³-hybridized carbons (Fsp3) is 0.833. The molecule has 2 heterocycles. The van der Waals surface area contributed by atoms with Gasteiger partial charge in [-0.1, -0.05) is 0 Å². The minimum atomic E-state index is -0.217. The summed E-state index contributed by atoms with van der Waals surface area (Å²) in [6, 6.07) is 0.0851. The molecule has 1 saturated carbocycles. The summed E-state index contributed by atoms with van der Waals surface area (Å²) in [6.45, 7) is 0.275. The lowest BCUT2D eigenvalue weighted by molar-refractivity contribution is -0.147. The first-order valence-electron chi connectivity index (χ1n) is 6.43. The molecule has 4 nitrogen and oxygen atoms in total. The van der Waals surface area contributed by atoms with Crippen LogP contribution in [0.25, 0.3) is 0 Å².